The standard InChI is InChI=1S/C21H31N5O/c1-13-18-16(20(27)25-10-6-7-15(12-25)22-5)11-17(14-8-9-14)23-19(18)26(24-13)21(2,3)4/h11,14-15,22H,6-10,12H2,1-5H3. The van der Waals surface area contributed by atoms with E-state index in [1.165, 1.54) is 12.8 Å². The van der Waals surface area contributed by atoms with Crippen LogP contribution in [0.25, 0.3) is 11.0 Å². The lowest BCUT2D eigenvalue weighted by molar-refractivity contribution is 0.0700. The number of rotatable bonds is 3. The third-order valence-electron chi connectivity index (χ3n) is 5.81. The summed E-state index contributed by atoms with van der Waals surface area (Å²) in [5.41, 5.74) is 3.41. The number of pyridine rings is 1. The van der Waals surface area contributed by atoms with Gasteiger partial charge in [-0.25, -0.2) is 9.67 Å². The number of likely N-dealkylation sites (N-methyl/N-ethyl adjacent to an activating group) is 1. The minimum atomic E-state index is -0.176. The molecule has 3 heterocycles. The molecule has 2 fully saturated rings. The second kappa shape index (κ2) is 6.59. The second-order valence-corrected chi connectivity index (χ2v) is 9.11. The van der Waals surface area contributed by atoms with Crippen LogP contribution in [0.5, 0.6) is 0 Å². The normalized spacial score (nSPS) is 21.1. The summed E-state index contributed by atoms with van der Waals surface area (Å²) in [6.45, 7) is 9.98. The van der Waals surface area contributed by atoms with E-state index in [9.17, 15) is 4.79 Å². The molecule has 1 aliphatic carbocycles. The number of nitrogens with one attached hydrogen (secondary N) is 1. The number of hydrogen-bond acceptors (Lipinski definition) is 4. The zero-order chi connectivity index (χ0) is 19.3. The van der Waals surface area contributed by atoms with Crippen molar-refractivity contribution in [1.29, 1.82) is 0 Å². The van der Waals surface area contributed by atoms with Crippen molar-refractivity contribution in [2.45, 2.75) is 70.9 Å². The summed E-state index contributed by atoms with van der Waals surface area (Å²) in [5, 5.41) is 9.02. The van der Waals surface area contributed by atoms with Crippen molar-refractivity contribution in [1.82, 2.24) is 25.0 Å². The fraction of sp³-hybridized carbons (Fsp3) is 0.667. The first kappa shape index (κ1) is 18.4. The largest absolute Gasteiger partial charge is 0.337 e. The van der Waals surface area contributed by atoms with E-state index < -0.39 is 0 Å². The molecule has 4 rings (SSSR count). The maximum atomic E-state index is 13.5. The number of carbonyl (C=O) groups excluding carboxylic acids is 1. The first-order valence-electron chi connectivity index (χ1n) is 10.2. The summed E-state index contributed by atoms with van der Waals surface area (Å²) in [4.78, 5) is 20.5. The average Bonchev–Trinajstić information content (AvgIpc) is 3.43. The summed E-state index contributed by atoms with van der Waals surface area (Å²) >= 11 is 0. The maximum Gasteiger partial charge on any atom is 0.254 e. The van der Waals surface area contributed by atoms with Crippen molar-refractivity contribution in [3.63, 3.8) is 0 Å². The molecule has 2 aliphatic rings. The van der Waals surface area contributed by atoms with Gasteiger partial charge in [-0.2, -0.15) is 5.10 Å². The number of amides is 1. The van der Waals surface area contributed by atoms with Gasteiger partial charge in [-0.1, -0.05) is 0 Å². The number of hydrogen-bond donors (Lipinski definition) is 1. The molecule has 2 aromatic rings. The van der Waals surface area contributed by atoms with E-state index in [0.29, 0.717) is 12.0 Å². The van der Waals surface area contributed by atoms with Gasteiger partial charge in [0.15, 0.2) is 5.65 Å². The van der Waals surface area contributed by atoms with Gasteiger partial charge in [0.2, 0.25) is 0 Å². The molecule has 1 N–H and O–H groups in total. The Morgan fingerprint density at radius 1 is 1.26 bits per heavy atom. The molecule has 1 saturated heterocycles. The van der Waals surface area contributed by atoms with Gasteiger partial charge in [0, 0.05) is 30.7 Å². The van der Waals surface area contributed by atoms with E-state index in [-0.39, 0.29) is 11.4 Å². The highest BCUT2D eigenvalue weighted by Gasteiger charge is 2.32. The minimum absolute atomic E-state index is 0.126. The van der Waals surface area contributed by atoms with Crippen molar-refractivity contribution in [3.8, 4) is 0 Å². The van der Waals surface area contributed by atoms with Crippen LogP contribution in [-0.2, 0) is 5.54 Å². The van der Waals surface area contributed by atoms with Crippen molar-refractivity contribution in [3.05, 3.63) is 23.0 Å². The zero-order valence-electron chi connectivity index (χ0n) is 17.2. The molecule has 1 atom stereocenters. The molecule has 0 bridgehead atoms. The van der Waals surface area contributed by atoms with E-state index in [1.807, 2.05) is 29.6 Å². The molecule has 1 aliphatic heterocycles. The number of carbonyl (C=O) groups is 1. The highest BCUT2D eigenvalue weighted by atomic mass is 16.2. The SMILES string of the molecule is CNC1CCCN(C(=O)c2cc(C3CC3)nc3c2c(C)nn3C(C)(C)C)C1. The Balaban J connectivity index is 1.84. The molecule has 1 unspecified atom stereocenters. The third-order valence-corrected chi connectivity index (χ3v) is 5.81. The number of likely N-dealkylation sites (tertiary alicyclic amines) is 1. The first-order valence-corrected chi connectivity index (χ1v) is 10.2. The van der Waals surface area contributed by atoms with Crippen LogP contribution in [-0.4, -0.2) is 51.8 Å². The average molecular weight is 370 g/mol. The Morgan fingerprint density at radius 3 is 2.63 bits per heavy atom. The molecule has 27 heavy (non-hydrogen) atoms. The Hall–Kier alpha value is -1.95. The topological polar surface area (TPSA) is 63.1 Å². The third kappa shape index (κ3) is 3.35. The van der Waals surface area contributed by atoms with Crippen LogP contribution in [0.15, 0.2) is 6.07 Å². The highest BCUT2D eigenvalue weighted by Crippen LogP contribution is 2.41. The zero-order valence-corrected chi connectivity index (χ0v) is 17.2. The summed E-state index contributed by atoms with van der Waals surface area (Å²) in [5.74, 6) is 0.622. The lowest BCUT2D eigenvalue weighted by Gasteiger charge is -2.33. The predicted molar refractivity (Wildman–Crippen MR) is 107 cm³/mol. The Morgan fingerprint density at radius 2 is 2.00 bits per heavy atom. The highest BCUT2D eigenvalue weighted by molar-refractivity contribution is 6.06. The van der Waals surface area contributed by atoms with E-state index in [0.717, 1.165) is 53.9 Å². The molecule has 6 nitrogen and oxygen atoms in total. The second-order valence-electron chi connectivity index (χ2n) is 9.11. The number of aryl methyl sites for hydroxylation is 1. The van der Waals surface area contributed by atoms with Gasteiger partial charge in [-0.05, 0) is 66.5 Å². The van der Waals surface area contributed by atoms with Gasteiger partial charge in [-0.15, -0.1) is 0 Å². The van der Waals surface area contributed by atoms with Crippen LogP contribution in [0, 0.1) is 6.92 Å². The van der Waals surface area contributed by atoms with E-state index in [1.54, 1.807) is 0 Å². The van der Waals surface area contributed by atoms with Crippen molar-refractivity contribution in [2.24, 2.45) is 0 Å². The monoisotopic (exact) mass is 369 g/mol. The molecule has 146 valence electrons. The fourth-order valence-electron chi connectivity index (χ4n) is 4.10. The lowest BCUT2D eigenvalue weighted by Crippen LogP contribution is -2.47. The first-order chi connectivity index (χ1) is 12.8. The van der Waals surface area contributed by atoms with Crippen LogP contribution >= 0.6 is 0 Å². The minimum Gasteiger partial charge on any atom is -0.337 e. The van der Waals surface area contributed by atoms with E-state index in [4.69, 9.17) is 10.1 Å². The fourth-order valence-corrected chi connectivity index (χ4v) is 4.10. The lowest BCUT2D eigenvalue weighted by atomic mass is 10.0. The van der Waals surface area contributed by atoms with Gasteiger partial charge in [0.1, 0.15) is 0 Å². The van der Waals surface area contributed by atoms with E-state index in [2.05, 4.69) is 26.1 Å². The van der Waals surface area contributed by atoms with Crippen molar-refractivity contribution in [2.75, 3.05) is 20.1 Å². The number of nitrogens with zero attached hydrogens (tertiary/aromatic N) is 4. The summed E-state index contributed by atoms with van der Waals surface area (Å²) in [6.07, 6.45) is 4.50. The molecular formula is C21H31N5O. The summed E-state index contributed by atoms with van der Waals surface area (Å²) < 4.78 is 1.99. The smallest absolute Gasteiger partial charge is 0.254 e. The molecule has 0 spiro atoms. The van der Waals surface area contributed by atoms with Gasteiger partial charge in [-0.3, -0.25) is 4.79 Å². The van der Waals surface area contributed by atoms with Gasteiger partial charge < -0.3 is 10.2 Å². The van der Waals surface area contributed by atoms with Crippen LogP contribution in [0.2, 0.25) is 0 Å². The Labute approximate surface area is 161 Å². The Kier molecular flexibility index (Phi) is 4.49. The van der Waals surface area contributed by atoms with Crippen molar-refractivity contribution >= 4 is 16.9 Å². The molecule has 1 saturated carbocycles. The van der Waals surface area contributed by atoms with Gasteiger partial charge in [0.05, 0.1) is 22.2 Å². The summed E-state index contributed by atoms with van der Waals surface area (Å²) in [7, 11) is 1.98. The van der Waals surface area contributed by atoms with Crippen LogP contribution in [0.3, 0.4) is 0 Å². The molecule has 1 amide bonds. The molecular weight excluding hydrogens is 338 g/mol. The number of fused-ring (bicyclic) bond motifs is 1. The number of aromatic nitrogens is 3. The van der Waals surface area contributed by atoms with E-state index >= 15 is 0 Å². The number of piperidine rings is 1. The van der Waals surface area contributed by atoms with Crippen molar-refractivity contribution < 1.29 is 4.79 Å². The van der Waals surface area contributed by atoms with Crippen LogP contribution in [0.1, 0.15) is 74.1 Å². The maximum absolute atomic E-state index is 13.5. The van der Waals surface area contributed by atoms with Crippen LogP contribution in [0.4, 0.5) is 0 Å². The molecule has 0 radical (unpaired) electrons. The quantitative estimate of drug-likeness (QED) is 0.902. The predicted octanol–water partition coefficient (Wildman–Crippen LogP) is 3.20. The van der Waals surface area contributed by atoms with Gasteiger partial charge in [0.25, 0.3) is 5.91 Å². The van der Waals surface area contributed by atoms with Crippen LogP contribution < -0.4 is 5.32 Å². The molecule has 2 aromatic heterocycles. The summed E-state index contributed by atoms with van der Waals surface area (Å²) in [6, 6.07) is 2.42. The van der Waals surface area contributed by atoms with Gasteiger partial charge >= 0.3 is 0 Å². The molecule has 6 heteroatoms. The molecule has 0 aromatic carbocycles. The Bertz CT molecular complexity index is 875.